The first kappa shape index (κ1) is 39.6. The second-order valence-corrected chi connectivity index (χ2v) is 7.59. The van der Waals surface area contributed by atoms with E-state index in [2.05, 4.69) is 0 Å². The summed E-state index contributed by atoms with van der Waals surface area (Å²) in [6.07, 6.45) is -1.63. The predicted molar refractivity (Wildman–Crippen MR) is 118 cm³/mol. The minimum absolute atomic E-state index is 0. The number of ketones is 2. The fraction of sp³-hybridized carbons (Fsp3) is 0.810. The van der Waals surface area contributed by atoms with E-state index in [1.807, 2.05) is 0 Å². The lowest BCUT2D eigenvalue weighted by molar-refractivity contribution is -0.149. The molecule has 0 aromatic heterocycles. The molecule has 10 heteroatoms. The van der Waals surface area contributed by atoms with Gasteiger partial charge in [0.05, 0.1) is 0 Å². The smallest absolute Gasteiger partial charge is 0.332 e. The number of carbonyl (C=O) groups excluding carboxylic acids is 2. The summed E-state index contributed by atoms with van der Waals surface area (Å²) in [6.45, 7) is 13.9. The van der Waals surface area contributed by atoms with Crippen LogP contribution in [0.1, 0.15) is 82.6 Å². The van der Waals surface area contributed by atoms with E-state index in [1.165, 1.54) is 34.6 Å². The number of carboxylic acids is 2. The molecule has 31 heavy (non-hydrogen) atoms. The molecule has 0 aliphatic rings. The Morgan fingerprint density at radius 3 is 1.13 bits per heavy atom. The number of hydrogen-bond acceptors (Lipinski definition) is 8. The quantitative estimate of drug-likeness (QED) is 0.328. The van der Waals surface area contributed by atoms with Gasteiger partial charge >= 0.3 is 11.9 Å². The van der Waals surface area contributed by atoms with Gasteiger partial charge in [0.1, 0.15) is 11.2 Å². The third-order valence-corrected chi connectivity index (χ3v) is 3.86. The molecule has 0 saturated heterocycles. The molecular formula is C21H44O10. The molecule has 0 bridgehead atoms. The molecule has 10 nitrogen and oxygen atoms in total. The number of carboxylic acid groups (broad SMARTS) is 2. The molecule has 0 radical (unpaired) electrons. The molecule has 0 saturated carbocycles. The summed E-state index contributed by atoms with van der Waals surface area (Å²) in [7, 11) is 0. The van der Waals surface area contributed by atoms with Crippen LogP contribution in [0.4, 0.5) is 0 Å². The van der Waals surface area contributed by atoms with Crippen LogP contribution in [0.15, 0.2) is 0 Å². The van der Waals surface area contributed by atoms with Gasteiger partial charge in [0.25, 0.3) is 0 Å². The maximum Gasteiger partial charge on any atom is 0.332 e. The molecule has 3 atom stereocenters. The van der Waals surface area contributed by atoms with Crippen molar-refractivity contribution in [1.29, 1.82) is 0 Å². The number of hydrogen-bond donors (Lipinski definition) is 6. The van der Waals surface area contributed by atoms with E-state index >= 15 is 0 Å². The number of aliphatic hydroxyl groups is 4. The van der Waals surface area contributed by atoms with Crippen LogP contribution in [0, 0.1) is 5.92 Å². The lowest BCUT2D eigenvalue weighted by Gasteiger charge is -2.15. The molecule has 0 aliphatic heterocycles. The molecule has 0 aliphatic carbocycles. The number of rotatable bonds is 7. The molecular weight excluding hydrogens is 412 g/mol. The highest BCUT2D eigenvalue weighted by Crippen LogP contribution is 2.08. The van der Waals surface area contributed by atoms with Crippen molar-refractivity contribution in [2.75, 3.05) is 0 Å². The number of aliphatic hydroxyl groups excluding tert-OH is 2. The van der Waals surface area contributed by atoms with Gasteiger partial charge in [-0.3, -0.25) is 9.59 Å². The summed E-state index contributed by atoms with van der Waals surface area (Å²) in [5, 5.41) is 50.8. The molecule has 188 valence electrons. The Kier molecular flexibility index (Phi) is 24.1. The third kappa shape index (κ3) is 26.1. The monoisotopic (exact) mass is 456 g/mol. The molecule has 0 heterocycles. The summed E-state index contributed by atoms with van der Waals surface area (Å²) >= 11 is 0. The minimum atomic E-state index is -1.21. The highest BCUT2D eigenvalue weighted by molar-refractivity contribution is 5.84. The van der Waals surface area contributed by atoms with Crippen molar-refractivity contribution in [2.24, 2.45) is 5.92 Å². The molecule has 0 spiro atoms. The largest absolute Gasteiger partial charge is 0.479 e. The van der Waals surface area contributed by atoms with Gasteiger partial charge < -0.3 is 30.6 Å². The van der Waals surface area contributed by atoms with E-state index in [9.17, 15) is 19.2 Å². The van der Waals surface area contributed by atoms with Gasteiger partial charge in [-0.2, -0.15) is 0 Å². The zero-order valence-electron chi connectivity index (χ0n) is 19.5. The summed E-state index contributed by atoms with van der Waals surface area (Å²) in [6, 6.07) is 0. The third-order valence-electron chi connectivity index (χ3n) is 3.86. The molecule has 2 unspecified atom stereocenters. The van der Waals surface area contributed by atoms with E-state index in [0.29, 0.717) is 6.42 Å². The minimum Gasteiger partial charge on any atom is -0.479 e. The van der Waals surface area contributed by atoms with E-state index in [4.69, 9.17) is 30.6 Å². The first-order valence-corrected chi connectivity index (χ1v) is 9.47. The summed E-state index contributed by atoms with van der Waals surface area (Å²) < 4.78 is 0. The second kappa shape index (κ2) is 18.9. The first-order valence-electron chi connectivity index (χ1n) is 9.47. The van der Waals surface area contributed by atoms with E-state index < -0.39 is 35.3 Å². The van der Waals surface area contributed by atoms with Crippen LogP contribution < -0.4 is 0 Å². The highest BCUT2D eigenvalue weighted by Gasteiger charge is 2.22. The van der Waals surface area contributed by atoms with Crippen LogP contribution >= 0.6 is 0 Å². The van der Waals surface area contributed by atoms with Gasteiger partial charge in [-0.1, -0.05) is 35.1 Å². The Hall–Kier alpha value is -1.88. The Labute approximate surface area is 185 Å². The molecule has 0 aromatic carbocycles. The predicted octanol–water partition coefficient (Wildman–Crippen LogP) is 1.65. The standard InChI is InChI=1S/C6H12O2.C5H10O3.C5H10O2.C4H8O3.CH4/c1-4-6(3,8)5(2)7;1-3(2)4(6)5(7)8;1-4(6)5(2,3)7;1-2-3(5)4(6)7;/h8H,4H2,1-3H3;3-4,6H,1-2H3,(H,7,8);7H,1-3H3;3,5H,2H2,1H3,(H,6,7);1H4/t;;;3-;/m...0./s1. The van der Waals surface area contributed by atoms with Gasteiger partial charge in [0.15, 0.2) is 23.8 Å². The average molecular weight is 457 g/mol. The van der Waals surface area contributed by atoms with Gasteiger partial charge in [-0.15, -0.1) is 0 Å². The van der Waals surface area contributed by atoms with E-state index in [0.717, 1.165) is 0 Å². The molecule has 0 rings (SSSR count). The van der Waals surface area contributed by atoms with Gasteiger partial charge in [-0.25, -0.2) is 9.59 Å². The highest BCUT2D eigenvalue weighted by atomic mass is 16.4. The van der Waals surface area contributed by atoms with Crippen molar-refractivity contribution in [3.05, 3.63) is 0 Å². The second-order valence-electron chi connectivity index (χ2n) is 7.59. The fourth-order valence-corrected chi connectivity index (χ4v) is 0.709. The van der Waals surface area contributed by atoms with Crippen LogP contribution in [0.2, 0.25) is 0 Å². The van der Waals surface area contributed by atoms with Crippen LogP contribution in [0.25, 0.3) is 0 Å². The Morgan fingerprint density at radius 1 is 0.806 bits per heavy atom. The zero-order chi connectivity index (χ0) is 25.5. The lowest BCUT2D eigenvalue weighted by atomic mass is 10.00. The average Bonchev–Trinajstić information content (AvgIpc) is 2.60. The topological polar surface area (TPSA) is 190 Å². The summed E-state index contributed by atoms with van der Waals surface area (Å²) in [5.74, 6) is -2.87. The van der Waals surface area contributed by atoms with E-state index in [-0.39, 0.29) is 31.3 Å². The normalized spacial score (nSPS) is 13.7. The number of carbonyl (C=O) groups is 4. The first-order chi connectivity index (χ1) is 13.2. The zero-order valence-corrected chi connectivity index (χ0v) is 19.5. The SMILES string of the molecule is C.CC(=O)C(C)(C)O.CC(C)C(O)C(=O)O.CCC(C)(O)C(C)=O.CC[C@H](O)C(=O)O. The van der Waals surface area contributed by atoms with Crippen molar-refractivity contribution in [2.45, 2.75) is 106 Å². The van der Waals surface area contributed by atoms with Crippen LogP contribution in [-0.2, 0) is 19.2 Å². The summed E-state index contributed by atoms with van der Waals surface area (Å²) in [5.41, 5.74) is -2.24. The van der Waals surface area contributed by atoms with Crippen molar-refractivity contribution in [3.8, 4) is 0 Å². The van der Waals surface area contributed by atoms with Crippen LogP contribution in [0.5, 0.6) is 0 Å². The lowest BCUT2D eigenvalue weighted by Crippen LogP contribution is -2.31. The van der Waals surface area contributed by atoms with Crippen LogP contribution in [0.3, 0.4) is 0 Å². The Balaban J connectivity index is -0.0000000961. The van der Waals surface area contributed by atoms with Gasteiger partial charge in [-0.05, 0) is 53.4 Å². The fourth-order valence-electron chi connectivity index (χ4n) is 0.709. The molecule has 0 aromatic rings. The summed E-state index contributed by atoms with van der Waals surface area (Å²) in [4.78, 5) is 40.2. The maximum atomic E-state index is 10.4. The van der Waals surface area contributed by atoms with Gasteiger partial charge in [0.2, 0.25) is 0 Å². The van der Waals surface area contributed by atoms with Gasteiger partial charge in [0, 0.05) is 0 Å². The van der Waals surface area contributed by atoms with Crippen molar-refractivity contribution in [1.82, 2.24) is 0 Å². The maximum absolute atomic E-state index is 10.4. The number of Topliss-reactive ketones (excluding diaryl/α,β-unsaturated/α-hetero) is 2. The molecule has 0 fully saturated rings. The Bertz CT molecular complexity index is 519. The Morgan fingerprint density at radius 2 is 1.13 bits per heavy atom. The van der Waals surface area contributed by atoms with E-state index in [1.54, 1.807) is 27.7 Å². The molecule has 6 N–H and O–H groups in total. The van der Waals surface area contributed by atoms with Crippen molar-refractivity contribution >= 4 is 23.5 Å². The molecule has 0 amide bonds. The number of aliphatic carboxylic acids is 2. The van der Waals surface area contributed by atoms with Crippen LogP contribution in [-0.4, -0.2) is 77.6 Å². The van der Waals surface area contributed by atoms with Crippen molar-refractivity contribution < 1.29 is 49.8 Å². The van der Waals surface area contributed by atoms with Crippen molar-refractivity contribution in [3.63, 3.8) is 0 Å².